The van der Waals surface area contributed by atoms with E-state index in [2.05, 4.69) is 12.3 Å². The van der Waals surface area contributed by atoms with Crippen LogP contribution in [0, 0.1) is 0 Å². The van der Waals surface area contributed by atoms with Crippen molar-refractivity contribution in [3.05, 3.63) is 34.9 Å². The zero-order valence-electron chi connectivity index (χ0n) is 7.76. The third-order valence-corrected chi connectivity index (χ3v) is 2.52. The highest BCUT2D eigenvalue weighted by Crippen LogP contribution is 2.16. The van der Waals surface area contributed by atoms with Gasteiger partial charge in [0.15, 0.2) is 0 Å². The minimum Gasteiger partial charge on any atom is -0.271 e. The van der Waals surface area contributed by atoms with Gasteiger partial charge in [0.2, 0.25) is 0 Å². The molecule has 0 spiro atoms. The Morgan fingerprint density at radius 2 is 2.15 bits per heavy atom. The second-order valence-corrected chi connectivity index (χ2v) is 3.47. The van der Waals surface area contributed by atoms with Crippen LogP contribution in [0.4, 0.5) is 0 Å². The first-order valence-electron chi connectivity index (χ1n) is 4.47. The number of nitrogens with two attached hydrogens (primary N) is 1. The summed E-state index contributed by atoms with van der Waals surface area (Å²) in [5, 5.41) is 0.816. The lowest BCUT2D eigenvalue weighted by atomic mass is 10.0. The predicted octanol–water partition coefficient (Wildman–Crippen LogP) is 2.12. The van der Waals surface area contributed by atoms with Crippen molar-refractivity contribution in [2.75, 3.05) is 0 Å². The quantitative estimate of drug-likeness (QED) is 0.575. The molecule has 0 bridgehead atoms. The van der Waals surface area contributed by atoms with Crippen LogP contribution in [-0.2, 0) is 6.42 Å². The van der Waals surface area contributed by atoms with E-state index >= 15 is 0 Å². The molecule has 1 aromatic rings. The first kappa shape index (κ1) is 10.5. The summed E-state index contributed by atoms with van der Waals surface area (Å²) in [6.07, 6.45) is 1.88. The molecule has 0 saturated heterocycles. The fraction of sp³-hybridized carbons (Fsp3) is 0.400. The molecular weight excluding hydrogens is 184 g/mol. The highest BCUT2D eigenvalue weighted by molar-refractivity contribution is 6.31. The smallest absolute Gasteiger partial charge is 0.0438 e. The van der Waals surface area contributed by atoms with Gasteiger partial charge in [-0.3, -0.25) is 11.3 Å². The van der Waals surface area contributed by atoms with E-state index in [1.807, 2.05) is 24.3 Å². The lowest BCUT2D eigenvalue weighted by Crippen LogP contribution is -2.36. The van der Waals surface area contributed by atoms with Crippen molar-refractivity contribution in [3.63, 3.8) is 0 Å². The van der Waals surface area contributed by atoms with Crippen LogP contribution < -0.4 is 11.3 Å². The first-order chi connectivity index (χ1) is 6.27. The Labute approximate surface area is 84.1 Å². The third kappa shape index (κ3) is 2.99. The molecule has 72 valence electrons. The predicted molar refractivity (Wildman–Crippen MR) is 56.6 cm³/mol. The Morgan fingerprint density at radius 3 is 2.69 bits per heavy atom. The van der Waals surface area contributed by atoms with Gasteiger partial charge in [0.1, 0.15) is 0 Å². The highest BCUT2D eigenvalue weighted by Gasteiger charge is 2.06. The molecule has 1 atom stereocenters. The molecule has 1 aromatic carbocycles. The number of hydrogen-bond acceptors (Lipinski definition) is 2. The molecule has 3 N–H and O–H groups in total. The summed E-state index contributed by atoms with van der Waals surface area (Å²) < 4.78 is 0. The Kier molecular flexibility index (Phi) is 4.22. The van der Waals surface area contributed by atoms with Gasteiger partial charge in [-0.2, -0.15) is 0 Å². The van der Waals surface area contributed by atoms with E-state index in [4.69, 9.17) is 17.4 Å². The van der Waals surface area contributed by atoms with Gasteiger partial charge in [-0.05, 0) is 24.5 Å². The average molecular weight is 199 g/mol. The largest absolute Gasteiger partial charge is 0.271 e. The van der Waals surface area contributed by atoms with Gasteiger partial charge < -0.3 is 0 Å². The maximum atomic E-state index is 6.01. The van der Waals surface area contributed by atoms with Crippen molar-refractivity contribution in [1.29, 1.82) is 0 Å². The second-order valence-electron chi connectivity index (χ2n) is 3.07. The molecule has 0 saturated carbocycles. The number of rotatable bonds is 4. The van der Waals surface area contributed by atoms with Crippen LogP contribution in [-0.4, -0.2) is 6.04 Å². The normalized spacial score (nSPS) is 12.8. The molecule has 0 radical (unpaired) electrons. The molecule has 0 aliphatic rings. The molecule has 0 aliphatic heterocycles. The zero-order chi connectivity index (χ0) is 9.68. The fourth-order valence-corrected chi connectivity index (χ4v) is 1.46. The first-order valence-corrected chi connectivity index (χ1v) is 4.85. The molecule has 1 unspecified atom stereocenters. The van der Waals surface area contributed by atoms with E-state index in [9.17, 15) is 0 Å². The van der Waals surface area contributed by atoms with Crippen LogP contribution in [0.1, 0.15) is 18.9 Å². The minimum absolute atomic E-state index is 0.305. The molecule has 3 heteroatoms. The lowest BCUT2D eigenvalue weighted by Gasteiger charge is -2.13. The topological polar surface area (TPSA) is 38.0 Å². The second kappa shape index (κ2) is 5.22. The third-order valence-electron chi connectivity index (χ3n) is 2.15. The number of halogens is 1. The highest BCUT2D eigenvalue weighted by atomic mass is 35.5. The summed E-state index contributed by atoms with van der Waals surface area (Å²) in [5.41, 5.74) is 3.92. The zero-order valence-corrected chi connectivity index (χ0v) is 8.51. The fourth-order valence-electron chi connectivity index (χ4n) is 1.25. The average Bonchev–Trinajstić information content (AvgIpc) is 2.17. The number of hydrazine groups is 1. The van der Waals surface area contributed by atoms with E-state index in [1.54, 1.807) is 0 Å². The number of nitrogens with one attached hydrogen (secondary N) is 1. The van der Waals surface area contributed by atoms with Crippen LogP contribution in [0.3, 0.4) is 0 Å². The van der Waals surface area contributed by atoms with Gasteiger partial charge in [0, 0.05) is 11.1 Å². The van der Waals surface area contributed by atoms with Crippen molar-refractivity contribution in [2.24, 2.45) is 5.84 Å². The Hall–Kier alpha value is -0.570. The van der Waals surface area contributed by atoms with Gasteiger partial charge in [-0.1, -0.05) is 36.7 Å². The summed E-state index contributed by atoms with van der Waals surface area (Å²) >= 11 is 6.01. The monoisotopic (exact) mass is 198 g/mol. The molecule has 1 rings (SSSR count). The number of hydrogen-bond donors (Lipinski definition) is 2. The van der Waals surface area contributed by atoms with Gasteiger partial charge in [0.05, 0.1) is 0 Å². The molecular formula is C10H15ClN2. The Morgan fingerprint density at radius 1 is 1.46 bits per heavy atom. The molecule has 0 heterocycles. The summed E-state index contributed by atoms with van der Waals surface area (Å²) in [6.45, 7) is 2.10. The maximum absolute atomic E-state index is 6.01. The summed E-state index contributed by atoms with van der Waals surface area (Å²) in [4.78, 5) is 0. The standard InChI is InChI=1S/C10H15ClN2/c1-2-9(13-12)7-8-5-3-4-6-10(8)11/h3-6,9,13H,2,7,12H2,1H3. The molecule has 2 nitrogen and oxygen atoms in total. The van der Waals surface area contributed by atoms with Crippen LogP contribution in [0.15, 0.2) is 24.3 Å². The Balaban J connectivity index is 2.67. The van der Waals surface area contributed by atoms with Crippen LogP contribution >= 0.6 is 11.6 Å². The van der Waals surface area contributed by atoms with Gasteiger partial charge in [-0.25, -0.2) is 0 Å². The number of benzene rings is 1. The van der Waals surface area contributed by atoms with Crippen molar-refractivity contribution < 1.29 is 0 Å². The van der Waals surface area contributed by atoms with Crippen molar-refractivity contribution in [3.8, 4) is 0 Å². The van der Waals surface area contributed by atoms with Crippen molar-refractivity contribution in [2.45, 2.75) is 25.8 Å². The van der Waals surface area contributed by atoms with Crippen molar-refractivity contribution >= 4 is 11.6 Å². The Bertz CT molecular complexity index is 259. The SMILES string of the molecule is CCC(Cc1ccccc1Cl)NN. The van der Waals surface area contributed by atoms with Crippen LogP contribution in [0.5, 0.6) is 0 Å². The molecule has 0 aliphatic carbocycles. The van der Waals surface area contributed by atoms with E-state index in [-0.39, 0.29) is 0 Å². The van der Waals surface area contributed by atoms with Crippen molar-refractivity contribution in [1.82, 2.24) is 5.43 Å². The van der Waals surface area contributed by atoms with Crippen LogP contribution in [0.25, 0.3) is 0 Å². The van der Waals surface area contributed by atoms with Crippen LogP contribution in [0.2, 0.25) is 5.02 Å². The van der Waals surface area contributed by atoms with E-state index in [0.717, 1.165) is 23.4 Å². The molecule has 0 amide bonds. The molecule has 0 aromatic heterocycles. The van der Waals surface area contributed by atoms with Gasteiger partial charge in [0.25, 0.3) is 0 Å². The lowest BCUT2D eigenvalue weighted by molar-refractivity contribution is 0.511. The molecule has 0 fully saturated rings. The van der Waals surface area contributed by atoms with E-state index < -0.39 is 0 Å². The summed E-state index contributed by atoms with van der Waals surface area (Å²) in [5.74, 6) is 5.39. The van der Waals surface area contributed by atoms with E-state index in [0.29, 0.717) is 6.04 Å². The minimum atomic E-state index is 0.305. The maximum Gasteiger partial charge on any atom is 0.0438 e. The van der Waals surface area contributed by atoms with Gasteiger partial charge in [-0.15, -0.1) is 0 Å². The molecule has 13 heavy (non-hydrogen) atoms. The summed E-state index contributed by atoms with van der Waals surface area (Å²) in [7, 11) is 0. The van der Waals surface area contributed by atoms with Gasteiger partial charge >= 0.3 is 0 Å². The van der Waals surface area contributed by atoms with E-state index in [1.165, 1.54) is 0 Å². The summed E-state index contributed by atoms with van der Waals surface area (Å²) in [6, 6.07) is 8.16.